The summed E-state index contributed by atoms with van der Waals surface area (Å²) in [6.45, 7) is 19.3. The van der Waals surface area contributed by atoms with E-state index >= 15 is 0 Å². The van der Waals surface area contributed by atoms with Gasteiger partial charge in [0, 0.05) is 23.3 Å². The first-order valence-corrected chi connectivity index (χ1v) is 14.2. The topological polar surface area (TPSA) is 88.1 Å². The van der Waals surface area contributed by atoms with Gasteiger partial charge in [-0.3, -0.25) is 0 Å². The molecule has 0 aliphatic heterocycles. The van der Waals surface area contributed by atoms with Crippen molar-refractivity contribution < 1.29 is 33.0 Å². The minimum absolute atomic E-state index is 0.298. The smallest absolute Gasteiger partial charge is 0.333 e. The average Bonchev–Trinajstić information content (AvgIpc) is 2.76. The lowest BCUT2D eigenvalue weighted by atomic mass is 10.4. The monoisotopic (exact) mass is 482 g/mol. The first kappa shape index (κ1) is 30.8. The maximum absolute atomic E-state index is 11.7. The molecule has 0 bridgehead atoms. The van der Waals surface area contributed by atoms with E-state index in [9.17, 15) is 14.4 Å². The largest absolute Gasteiger partial charge is 0.462 e. The summed E-state index contributed by atoms with van der Waals surface area (Å²) in [5.74, 6) is -1.19. The van der Waals surface area contributed by atoms with Crippen LogP contribution < -0.4 is 0 Å². The summed E-state index contributed by atoms with van der Waals surface area (Å²) in [6, 6.07) is 2.38. The average molecular weight is 483 g/mol. The van der Waals surface area contributed by atoms with E-state index in [-0.39, 0.29) is 0 Å². The summed E-state index contributed by atoms with van der Waals surface area (Å²) in [4.78, 5) is 35.1. The number of esters is 3. The molecule has 8 heteroatoms. The van der Waals surface area contributed by atoms with Crippen LogP contribution in [0.1, 0.15) is 59.8 Å². The molecule has 188 valence electrons. The van der Waals surface area contributed by atoms with Gasteiger partial charge in [-0.25, -0.2) is 14.4 Å². The van der Waals surface area contributed by atoms with Crippen LogP contribution in [0.25, 0.3) is 0 Å². The Hall–Kier alpha value is -2.19. The van der Waals surface area contributed by atoms with Gasteiger partial charge in [-0.05, 0) is 64.6 Å². The predicted molar refractivity (Wildman–Crippen MR) is 132 cm³/mol. The molecule has 0 fully saturated rings. The van der Waals surface area contributed by atoms with Gasteiger partial charge in [-0.1, -0.05) is 33.1 Å². The van der Waals surface area contributed by atoms with Gasteiger partial charge >= 0.3 is 17.9 Å². The number of carbonyl (C=O) groups excluding carboxylic acids is 3. The van der Waals surface area contributed by atoms with E-state index in [4.69, 9.17) is 18.6 Å². The van der Waals surface area contributed by atoms with Crippen molar-refractivity contribution in [2.24, 2.45) is 0 Å². The van der Waals surface area contributed by atoms with Crippen LogP contribution >= 0.6 is 0 Å². The van der Waals surface area contributed by atoms with E-state index in [1.54, 1.807) is 20.8 Å². The molecule has 0 atom stereocenters. The number of rotatable bonds is 19. The summed E-state index contributed by atoms with van der Waals surface area (Å²) in [5.41, 5.74) is 1.11. The molecule has 0 aliphatic carbocycles. The Labute approximate surface area is 200 Å². The Balaban J connectivity index is 5.11. The molecule has 0 unspecified atom stereocenters. The molecule has 0 rings (SSSR count). The van der Waals surface area contributed by atoms with Crippen LogP contribution in [-0.2, 0) is 33.0 Å². The minimum atomic E-state index is -2.27. The van der Waals surface area contributed by atoms with Gasteiger partial charge in [0.1, 0.15) is 0 Å². The number of hydrogen-bond donors (Lipinski definition) is 0. The van der Waals surface area contributed by atoms with Crippen molar-refractivity contribution in [2.45, 2.75) is 77.9 Å². The summed E-state index contributed by atoms with van der Waals surface area (Å²) in [6.07, 6.45) is 4.00. The molecule has 0 aromatic carbocycles. The van der Waals surface area contributed by atoms with E-state index in [0.717, 1.165) is 31.0 Å². The Morgan fingerprint density at radius 2 is 0.939 bits per heavy atom. The Kier molecular flexibility index (Phi) is 16.2. The van der Waals surface area contributed by atoms with E-state index in [0.29, 0.717) is 62.4 Å². The van der Waals surface area contributed by atoms with Crippen LogP contribution in [0, 0.1) is 0 Å². The molecule has 0 radical (unpaired) electrons. The van der Waals surface area contributed by atoms with Gasteiger partial charge in [0.05, 0.1) is 19.8 Å². The summed E-state index contributed by atoms with van der Waals surface area (Å²) in [5, 5.41) is 0. The molecule has 7 nitrogen and oxygen atoms in total. The van der Waals surface area contributed by atoms with E-state index in [2.05, 4.69) is 26.7 Å². The van der Waals surface area contributed by atoms with E-state index < -0.39 is 26.2 Å². The van der Waals surface area contributed by atoms with Crippen molar-refractivity contribution in [2.75, 3.05) is 26.4 Å². The quantitative estimate of drug-likeness (QED) is 0.0814. The summed E-state index contributed by atoms with van der Waals surface area (Å²) < 4.78 is 22.3. The molecule has 0 aliphatic rings. The molecular formula is C25H42O7Si. The Morgan fingerprint density at radius 3 is 1.21 bits per heavy atom. The minimum Gasteiger partial charge on any atom is -0.462 e. The van der Waals surface area contributed by atoms with E-state index in [1.807, 2.05) is 0 Å². The molecule has 0 amide bonds. The molecule has 0 saturated heterocycles. The standard InChI is InChI=1S/C25H42O7Si/c1-8-9-16-32-33(17-10-13-29-23(26)20(2)3,18-11-14-30-24(27)21(4)5)19-12-15-31-25(28)22(6)7/h2,4,6,8-19H2,1,3,5,7H3. The van der Waals surface area contributed by atoms with Crippen LogP contribution in [0.5, 0.6) is 0 Å². The van der Waals surface area contributed by atoms with Gasteiger partial charge in [-0.15, -0.1) is 0 Å². The second kappa shape index (κ2) is 17.3. The zero-order valence-corrected chi connectivity index (χ0v) is 22.0. The zero-order valence-electron chi connectivity index (χ0n) is 21.0. The number of carbonyl (C=O) groups is 3. The van der Waals surface area contributed by atoms with Gasteiger partial charge in [0.15, 0.2) is 8.32 Å². The van der Waals surface area contributed by atoms with Crippen LogP contribution in [0.3, 0.4) is 0 Å². The third-order valence-corrected chi connectivity index (χ3v) is 9.59. The SMILES string of the molecule is C=C(C)C(=O)OCCC[Si](CCCOC(=O)C(=C)C)(CCCOC(=O)C(=C)C)OCCCC. The van der Waals surface area contributed by atoms with Crippen LogP contribution in [0.4, 0.5) is 0 Å². The molecule has 0 spiro atoms. The van der Waals surface area contributed by atoms with Crippen molar-refractivity contribution in [1.29, 1.82) is 0 Å². The molecule has 0 aromatic rings. The van der Waals surface area contributed by atoms with Crippen molar-refractivity contribution in [1.82, 2.24) is 0 Å². The third-order valence-electron chi connectivity index (χ3n) is 4.98. The highest BCUT2D eigenvalue weighted by Crippen LogP contribution is 2.28. The highest BCUT2D eigenvalue weighted by atomic mass is 28.4. The fourth-order valence-corrected chi connectivity index (χ4v) is 7.20. The van der Waals surface area contributed by atoms with Crippen LogP contribution in [0.2, 0.25) is 18.1 Å². The normalized spacial score (nSPS) is 10.9. The van der Waals surface area contributed by atoms with Gasteiger partial charge < -0.3 is 18.6 Å². The maximum atomic E-state index is 11.7. The number of unbranched alkanes of at least 4 members (excludes halogenated alkanes) is 1. The molecule has 33 heavy (non-hydrogen) atoms. The molecular weight excluding hydrogens is 440 g/mol. The lowest BCUT2D eigenvalue weighted by molar-refractivity contribution is -0.139. The first-order valence-electron chi connectivity index (χ1n) is 11.7. The lowest BCUT2D eigenvalue weighted by Crippen LogP contribution is -2.39. The molecule has 0 aromatic heterocycles. The van der Waals surface area contributed by atoms with Gasteiger partial charge in [0.2, 0.25) is 0 Å². The summed E-state index contributed by atoms with van der Waals surface area (Å²) >= 11 is 0. The van der Waals surface area contributed by atoms with Gasteiger partial charge in [-0.2, -0.15) is 0 Å². The predicted octanol–water partition coefficient (Wildman–Crippen LogP) is 5.28. The van der Waals surface area contributed by atoms with Crippen molar-refractivity contribution in [3.8, 4) is 0 Å². The second-order valence-electron chi connectivity index (χ2n) is 8.44. The first-order chi connectivity index (χ1) is 15.5. The van der Waals surface area contributed by atoms with Crippen LogP contribution in [-0.4, -0.2) is 52.7 Å². The molecule has 0 N–H and O–H groups in total. The van der Waals surface area contributed by atoms with E-state index in [1.165, 1.54) is 0 Å². The molecule has 0 heterocycles. The fourth-order valence-electron chi connectivity index (χ4n) is 3.07. The Bertz CT molecular complexity index is 601. The lowest BCUT2D eigenvalue weighted by Gasteiger charge is -2.32. The van der Waals surface area contributed by atoms with Crippen molar-refractivity contribution >= 4 is 26.2 Å². The number of hydrogen-bond acceptors (Lipinski definition) is 7. The highest BCUT2D eigenvalue weighted by Gasteiger charge is 2.34. The number of ether oxygens (including phenoxy) is 3. The van der Waals surface area contributed by atoms with Crippen molar-refractivity contribution in [3.63, 3.8) is 0 Å². The Morgan fingerprint density at radius 1 is 0.606 bits per heavy atom. The second-order valence-corrected chi connectivity index (χ2v) is 12.6. The molecule has 0 saturated carbocycles. The highest BCUT2D eigenvalue weighted by molar-refractivity contribution is 6.73. The summed E-state index contributed by atoms with van der Waals surface area (Å²) in [7, 11) is -2.27. The third kappa shape index (κ3) is 14.5. The van der Waals surface area contributed by atoms with Crippen molar-refractivity contribution in [3.05, 3.63) is 36.5 Å². The zero-order chi connectivity index (χ0) is 25.3. The van der Waals surface area contributed by atoms with Gasteiger partial charge in [0.25, 0.3) is 0 Å². The fraction of sp³-hybridized carbons (Fsp3) is 0.640. The maximum Gasteiger partial charge on any atom is 0.333 e. The van der Waals surface area contributed by atoms with Crippen LogP contribution in [0.15, 0.2) is 36.5 Å².